The van der Waals surface area contributed by atoms with E-state index in [9.17, 15) is 14.0 Å². The van der Waals surface area contributed by atoms with Crippen LogP contribution in [0.2, 0.25) is 0 Å². The maximum atomic E-state index is 12.8. The Kier molecular flexibility index (Phi) is 3.60. The van der Waals surface area contributed by atoms with E-state index in [1.165, 1.54) is 17.0 Å². The molecule has 1 N–H and O–H groups in total. The molecule has 1 aliphatic heterocycles. The van der Waals surface area contributed by atoms with Gasteiger partial charge in [0.05, 0.1) is 0 Å². The molecule has 0 atom stereocenters. The van der Waals surface area contributed by atoms with Crippen molar-refractivity contribution >= 4 is 11.9 Å². The number of rotatable bonds is 1. The zero-order chi connectivity index (χ0) is 13.1. The van der Waals surface area contributed by atoms with Crippen molar-refractivity contribution in [1.82, 2.24) is 4.90 Å². The van der Waals surface area contributed by atoms with Crippen LogP contribution in [0.3, 0.4) is 0 Å². The molecule has 2 rings (SSSR count). The first kappa shape index (κ1) is 12.5. The Morgan fingerprint density at radius 2 is 1.72 bits per heavy atom. The molecule has 1 amide bonds. The van der Waals surface area contributed by atoms with Crippen molar-refractivity contribution in [2.45, 2.75) is 18.8 Å². The number of carbonyl (C=O) groups excluding carboxylic acids is 1. The summed E-state index contributed by atoms with van der Waals surface area (Å²) in [6.45, 7) is 0.875. The van der Waals surface area contributed by atoms with Crippen LogP contribution in [0.5, 0.6) is 0 Å². The number of nitrogens with zero attached hydrogens (tertiary/aromatic N) is 1. The van der Waals surface area contributed by atoms with Crippen LogP contribution in [0.4, 0.5) is 4.39 Å². The lowest BCUT2D eigenvalue weighted by molar-refractivity contribution is -0.156. The molecule has 18 heavy (non-hydrogen) atoms. The number of carboxylic acids is 1. The highest BCUT2D eigenvalue weighted by molar-refractivity contribution is 6.31. The molecule has 1 aromatic rings. The minimum absolute atomic E-state index is 0.266. The van der Waals surface area contributed by atoms with Crippen molar-refractivity contribution in [2.24, 2.45) is 0 Å². The predicted molar refractivity (Wildman–Crippen MR) is 62.6 cm³/mol. The summed E-state index contributed by atoms with van der Waals surface area (Å²) in [6, 6.07) is 6.33. The summed E-state index contributed by atoms with van der Waals surface area (Å²) in [5, 5.41) is 8.61. The maximum Gasteiger partial charge on any atom is 0.394 e. The van der Waals surface area contributed by atoms with E-state index in [0.717, 1.165) is 5.56 Å². The molecule has 0 spiro atoms. The minimum Gasteiger partial charge on any atom is -0.474 e. The van der Waals surface area contributed by atoms with Gasteiger partial charge in [0.15, 0.2) is 0 Å². The third-order valence-corrected chi connectivity index (χ3v) is 3.31. The molecule has 0 aromatic heterocycles. The monoisotopic (exact) mass is 251 g/mol. The Labute approximate surface area is 104 Å². The second-order valence-electron chi connectivity index (χ2n) is 4.42. The first-order valence-corrected chi connectivity index (χ1v) is 5.85. The molecule has 1 aromatic carbocycles. The summed E-state index contributed by atoms with van der Waals surface area (Å²) < 4.78 is 12.8. The van der Waals surface area contributed by atoms with Crippen molar-refractivity contribution in [3.63, 3.8) is 0 Å². The van der Waals surface area contributed by atoms with Crippen LogP contribution in [0.25, 0.3) is 0 Å². The Hall–Kier alpha value is -1.91. The van der Waals surface area contributed by atoms with E-state index < -0.39 is 11.9 Å². The molecular weight excluding hydrogens is 237 g/mol. The highest BCUT2D eigenvalue weighted by Gasteiger charge is 2.27. The van der Waals surface area contributed by atoms with Gasteiger partial charge in [0, 0.05) is 13.1 Å². The molecule has 0 saturated carbocycles. The summed E-state index contributed by atoms with van der Waals surface area (Å²) in [4.78, 5) is 23.2. The molecule has 0 radical (unpaired) electrons. The normalized spacial score (nSPS) is 16.6. The predicted octanol–water partition coefficient (Wildman–Crippen LogP) is 1.62. The van der Waals surface area contributed by atoms with E-state index in [0.29, 0.717) is 25.9 Å². The minimum atomic E-state index is -1.41. The van der Waals surface area contributed by atoms with Crippen LogP contribution in [-0.4, -0.2) is 35.0 Å². The zero-order valence-corrected chi connectivity index (χ0v) is 9.80. The summed E-state index contributed by atoms with van der Waals surface area (Å²) in [7, 11) is 0. The zero-order valence-electron chi connectivity index (χ0n) is 9.80. The number of hydrogen-bond acceptors (Lipinski definition) is 2. The van der Waals surface area contributed by atoms with E-state index in [-0.39, 0.29) is 11.7 Å². The third kappa shape index (κ3) is 2.67. The van der Waals surface area contributed by atoms with Gasteiger partial charge in [-0.3, -0.25) is 4.79 Å². The van der Waals surface area contributed by atoms with Gasteiger partial charge in [-0.25, -0.2) is 9.18 Å². The van der Waals surface area contributed by atoms with Gasteiger partial charge in [-0.15, -0.1) is 0 Å². The summed E-state index contributed by atoms with van der Waals surface area (Å²) in [5.41, 5.74) is 1.04. The Bertz CT molecular complexity index is 450. The summed E-state index contributed by atoms with van der Waals surface area (Å²) >= 11 is 0. The SMILES string of the molecule is O=C(O)C(=O)N1CCC(c2ccc(F)cc2)CC1. The maximum absolute atomic E-state index is 12.8. The van der Waals surface area contributed by atoms with Crippen molar-refractivity contribution in [3.05, 3.63) is 35.6 Å². The fourth-order valence-electron chi connectivity index (χ4n) is 2.29. The van der Waals surface area contributed by atoms with Crippen LogP contribution in [0.15, 0.2) is 24.3 Å². The molecule has 4 nitrogen and oxygen atoms in total. The van der Waals surface area contributed by atoms with E-state index >= 15 is 0 Å². The Balaban J connectivity index is 1.96. The van der Waals surface area contributed by atoms with Gasteiger partial charge < -0.3 is 10.0 Å². The lowest BCUT2D eigenvalue weighted by atomic mass is 9.89. The van der Waals surface area contributed by atoms with Crippen molar-refractivity contribution in [2.75, 3.05) is 13.1 Å². The van der Waals surface area contributed by atoms with E-state index in [1.807, 2.05) is 0 Å². The molecule has 1 heterocycles. The molecular formula is C13H14FNO3. The van der Waals surface area contributed by atoms with Crippen LogP contribution in [0.1, 0.15) is 24.3 Å². The standard InChI is InChI=1S/C13H14FNO3/c14-11-3-1-9(2-4-11)10-5-7-15(8-6-10)12(16)13(17)18/h1-4,10H,5-8H2,(H,17,18). The number of carboxylic acid groups (broad SMARTS) is 1. The topological polar surface area (TPSA) is 57.6 Å². The van der Waals surface area contributed by atoms with Gasteiger partial charge in [-0.1, -0.05) is 12.1 Å². The van der Waals surface area contributed by atoms with Gasteiger partial charge in [0.1, 0.15) is 5.82 Å². The molecule has 0 unspecified atom stereocenters. The lowest BCUT2D eigenvalue weighted by Crippen LogP contribution is -2.41. The Morgan fingerprint density at radius 3 is 2.22 bits per heavy atom. The molecule has 1 fully saturated rings. The first-order valence-electron chi connectivity index (χ1n) is 5.85. The fraction of sp³-hybridized carbons (Fsp3) is 0.385. The molecule has 1 aliphatic rings. The third-order valence-electron chi connectivity index (χ3n) is 3.31. The molecule has 5 heteroatoms. The van der Waals surface area contributed by atoms with Crippen LogP contribution < -0.4 is 0 Å². The number of carbonyl (C=O) groups is 2. The van der Waals surface area contributed by atoms with Gasteiger partial charge in [0.2, 0.25) is 0 Å². The van der Waals surface area contributed by atoms with E-state index in [2.05, 4.69) is 0 Å². The van der Waals surface area contributed by atoms with E-state index in [1.54, 1.807) is 12.1 Å². The van der Waals surface area contributed by atoms with Crippen LogP contribution in [0, 0.1) is 5.82 Å². The lowest BCUT2D eigenvalue weighted by Gasteiger charge is -2.31. The average Bonchev–Trinajstić information content (AvgIpc) is 2.39. The fourth-order valence-corrected chi connectivity index (χ4v) is 2.29. The molecule has 1 saturated heterocycles. The number of benzene rings is 1. The number of likely N-dealkylation sites (tertiary alicyclic amines) is 1. The Morgan fingerprint density at radius 1 is 1.17 bits per heavy atom. The number of amides is 1. The van der Waals surface area contributed by atoms with Gasteiger partial charge >= 0.3 is 11.9 Å². The number of halogens is 1. The summed E-state index contributed by atoms with van der Waals surface area (Å²) in [5.74, 6) is -2.25. The molecule has 0 bridgehead atoms. The van der Waals surface area contributed by atoms with E-state index in [4.69, 9.17) is 5.11 Å². The smallest absolute Gasteiger partial charge is 0.394 e. The van der Waals surface area contributed by atoms with Crippen LogP contribution in [-0.2, 0) is 9.59 Å². The highest BCUT2D eigenvalue weighted by atomic mass is 19.1. The molecule has 96 valence electrons. The second-order valence-corrected chi connectivity index (χ2v) is 4.42. The van der Waals surface area contributed by atoms with Crippen molar-refractivity contribution in [1.29, 1.82) is 0 Å². The van der Waals surface area contributed by atoms with Gasteiger partial charge in [-0.2, -0.15) is 0 Å². The quantitative estimate of drug-likeness (QED) is 0.771. The van der Waals surface area contributed by atoms with Gasteiger partial charge in [-0.05, 0) is 36.5 Å². The number of piperidine rings is 1. The largest absolute Gasteiger partial charge is 0.474 e. The van der Waals surface area contributed by atoms with Gasteiger partial charge in [0.25, 0.3) is 0 Å². The van der Waals surface area contributed by atoms with Crippen molar-refractivity contribution < 1.29 is 19.1 Å². The summed E-state index contributed by atoms with van der Waals surface area (Å²) in [6.07, 6.45) is 1.43. The second kappa shape index (κ2) is 5.16. The molecule has 0 aliphatic carbocycles. The van der Waals surface area contributed by atoms with Crippen LogP contribution >= 0.6 is 0 Å². The highest BCUT2D eigenvalue weighted by Crippen LogP contribution is 2.28. The number of hydrogen-bond donors (Lipinski definition) is 1. The average molecular weight is 251 g/mol. The number of aliphatic carboxylic acids is 1. The first-order chi connectivity index (χ1) is 8.58. The van der Waals surface area contributed by atoms with Crippen molar-refractivity contribution in [3.8, 4) is 0 Å².